The predicted octanol–water partition coefficient (Wildman–Crippen LogP) is -0.827. The van der Waals surface area contributed by atoms with Gasteiger partial charge in [-0.25, -0.2) is 9.59 Å². The van der Waals surface area contributed by atoms with Crippen molar-refractivity contribution in [2.75, 3.05) is 19.6 Å². The highest BCUT2D eigenvalue weighted by atomic mass is 16.2. The summed E-state index contributed by atoms with van der Waals surface area (Å²) in [5.74, 6) is -2.45. The number of hydrogen-bond donors (Lipinski definition) is 6. The number of nitrogens with one attached hydrogen (secondary N) is 4. The number of hydrogen-bond acceptors (Lipinski definition) is 7. The number of carbonyl (C=O) groups is 7. The first-order chi connectivity index (χ1) is 17.7. The van der Waals surface area contributed by atoms with E-state index in [-0.39, 0.29) is 62.9 Å². The molecule has 212 valence electrons. The largest absolute Gasteiger partial charge is 0.352 e. The molecule has 14 nitrogen and oxygen atoms in total. The zero-order valence-electron chi connectivity index (χ0n) is 22.1. The lowest BCUT2D eigenvalue weighted by Crippen LogP contribution is -2.52. The zero-order chi connectivity index (χ0) is 28.9. The number of carbonyl (C=O) groups excluding carboxylic acids is 7. The first-order valence-electron chi connectivity index (χ1n) is 12.4. The van der Waals surface area contributed by atoms with Gasteiger partial charge in [0.1, 0.15) is 6.04 Å². The maximum absolute atomic E-state index is 13.2. The molecule has 0 aromatic carbocycles. The van der Waals surface area contributed by atoms with Gasteiger partial charge in [0, 0.05) is 44.6 Å². The van der Waals surface area contributed by atoms with Gasteiger partial charge in [0.05, 0.1) is 6.04 Å². The summed E-state index contributed by atoms with van der Waals surface area (Å²) in [6, 6.07) is -3.37. The van der Waals surface area contributed by atoms with Crippen molar-refractivity contribution in [3.8, 4) is 0 Å². The van der Waals surface area contributed by atoms with Gasteiger partial charge >= 0.3 is 12.1 Å². The van der Waals surface area contributed by atoms with E-state index >= 15 is 0 Å². The van der Waals surface area contributed by atoms with Gasteiger partial charge in [0.25, 0.3) is 11.8 Å². The third kappa shape index (κ3) is 12.8. The van der Waals surface area contributed by atoms with Crippen LogP contribution in [0.3, 0.4) is 0 Å². The number of primary amides is 2. The number of urea groups is 2. The van der Waals surface area contributed by atoms with E-state index in [1.165, 1.54) is 0 Å². The van der Waals surface area contributed by atoms with Crippen molar-refractivity contribution in [2.45, 2.75) is 71.4 Å². The van der Waals surface area contributed by atoms with E-state index in [9.17, 15) is 33.6 Å². The molecule has 1 heterocycles. The second kappa shape index (κ2) is 15.3. The molecule has 0 aromatic heterocycles. The van der Waals surface area contributed by atoms with Crippen LogP contribution in [0.4, 0.5) is 9.59 Å². The fourth-order valence-electron chi connectivity index (χ4n) is 3.67. The van der Waals surface area contributed by atoms with E-state index in [4.69, 9.17) is 11.5 Å². The van der Waals surface area contributed by atoms with Gasteiger partial charge in [0.2, 0.25) is 11.8 Å². The maximum Gasteiger partial charge on any atom is 0.312 e. The van der Waals surface area contributed by atoms with E-state index in [0.29, 0.717) is 6.42 Å². The van der Waals surface area contributed by atoms with E-state index in [1.54, 1.807) is 0 Å². The van der Waals surface area contributed by atoms with Crippen LogP contribution in [-0.2, 0) is 24.0 Å². The topological polar surface area (TPSA) is 223 Å². The van der Waals surface area contributed by atoms with E-state index in [0.717, 1.165) is 17.1 Å². The van der Waals surface area contributed by atoms with Crippen LogP contribution in [0.1, 0.15) is 59.3 Å². The van der Waals surface area contributed by atoms with Crippen molar-refractivity contribution in [1.82, 2.24) is 26.2 Å². The van der Waals surface area contributed by atoms with Crippen LogP contribution in [-0.4, -0.2) is 78.1 Å². The fraction of sp³-hybridized carbons (Fsp3) is 0.625. The average molecular weight is 538 g/mol. The van der Waals surface area contributed by atoms with Crippen LogP contribution in [0.5, 0.6) is 0 Å². The lowest BCUT2D eigenvalue weighted by atomic mass is 9.86. The number of rotatable bonds is 16. The predicted molar refractivity (Wildman–Crippen MR) is 137 cm³/mol. The quantitative estimate of drug-likeness (QED) is 0.108. The monoisotopic (exact) mass is 537 g/mol. The zero-order valence-corrected chi connectivity index (χ0v) is 22.1. The summed E-state index contributed by atoms with van der Waals surface area (Å²) in [7, 11) is 0. The number of nitrogens with zero attached hydrogens (tertiary/aromatic N) is 1. The number of amides is 8. The van der Waals surface area contributed by atoms with Gasteiger partial charge in [-0.15, -0.1) is 0 Å². The molecule has 8 N–H and O–H groups in total. The smallest absolute Gasteiger partial charge is 0.312 e. The number of imide groups is 1. The normalized spacial score (nSPS) is 14.6. The molecule has 0 radical (unpaired) electrons. The molecular weight excluding hydrogens is 498 g/mol. The molecule has 0 saturated heterocycles. The minimum Gasteiger partial charge on any atom is -0.352 e. The number of Topliss-reactive ketones (excluding diaryl/α,β-unsaturated/α-hetero) is 1. The molecule has 2 atom stereocenters. The van der Waals surface area contributed by atoms with Gasteiger partial charge in [-0.1, -0.05) is 20.8 Å². The second-order valence-corrected chi connectivity index (χ2v) is 10.2. The molecular formula is C24H39N7O7. The SMILES string of the molecule is CC(C)(C)CC(=O)[C@H](CCCNC(N)=O)NC(=O)[C@H](CCCNC(N)=O)NC(=O)CCN1C(=O)C=CC1=O. The Kier molecular flexibility index (Phi) is 12.9. The molecule has 0 bridgehead atoms. The number of ketones is 1. The highest BCUT2D eigenvalue weighted by molar-refractivity contribution is 6.13. The lowest BCUT2D eigenvalue weighted by Gasteiger charge is -2.26. The third-order valence-electron chi connectivity index (χ3n) is 5.46. The van der Waals surface area contributed by atoms with Crippen molar-refractivity contribution in [3.05, 3.63) is 12.2 Å². The van der Waals surface area contributed by atoms with Crippen LogP contribution in [0.2, 0.25) is 0 Å². The molecule has 0 saturated carbocycles. The van der Waals surface area contributed by atoms with Crippen LogP contribution < -0.4 is 32.7 Å². The number of nitrogens with two attached hydrogens (primary N) is 2. The van der Waals surface area contributed by atoms with Crippen molar-refractivity contribution in [1.29, 1.82) is 0 Å². The van der Waals surface area contributed by atoms with Gasteiger partial charge < -0.3 is 32.7 Å². The van der Waals surface area contributed by atoms with Gasteiger partial charge in [-0.3, -0.25) is 28.9 Å². The Labute approximate surface area is 221 Å². The molecule has 0 aliphatic carbocycles. The molecule has 8 amide bonds. The summed E-state index contributed by atoms with van der Waals surface area (Å²) in [5, 5.41) is 10.1. The Balaban J connectivity index is 2.88. The van der Waals surface area contributed by atoms with Crippen LogP contribution in [0, 0.1) is 5.41 Å². The van der Waals surface area contributed by atoms with Gasteiger partial charge in [-0.2, -0.15) is 0 Å². The van der Waals surface area contributed by atoms with Gasteiger partial charge in [-0.05, 0) is 31.1 Å². The Hall–Kier alpha value is -3.97. The minimum absolute atomic E-state index is 0.115. The first kappa shape index (κ1) is 32.1. The first-order valence-corrected chi connectivity index (χ1v) is 12.4. The molecule has 1 aliphatic rings. The van der Waals surface area contributed by atoms with Crippen molar-refractivity contribution in [3.63, 3.8) is 0 Å². The van der Waals surface area contributed by atoms with Crippen molar-refractivity contribution in [2.24, 2.45) is 16.9 Å². The molecule has 0 aromatic rings. The third-order valence-corrected chi connectivity index (χ3v) is 5.46. The summed E-state index contributed by atoms with van der Waals surface area (Å²) in [4.78, 5) is 84.9. The Morgan fingerprint density at radius 1 is 0.842 bits per heavy atom. The maximum atomic E-state index is 13.2. The summed E-state index contributed by atoms with van der Waals surface area (Å²) < 4.78 is 0. The summed E-state index contributed by atoms with van der Waals surface area (Å²) in [6.45, 7) is 5.87. The van der Waals surface area contributed by atoms with Gasteiger partial charge in [0.15, 0.2) is 5.78 Å². The van der Waals surface area contributed by atoms with Crippen LogP contribution >= 0.6 is 0 Å². The van der Waals surface area contributed by atoms with E-state index in [1.807, 2.05) is 20.8 Å². The van der Waals surface area contributed by atoms with E-state index < -0.39 is 47.8 Å². The standard InChI is InChI=1S/C24H39N7O7/c1-24(2,3)14-17(32)15(6-4-11-27-22(25)37)30-21(36)16(7-5-12-28-23(26)38)29-18(33)10-13-31-19(34)8-9-20(31)35/h8-9,15-16H,4-7,10-14H2,1-3H3,(H,29,33)(H,30,36)(H3,25,27,37)(H3,26,28,38)/t15-,16-/m0/s1. The van der Waals surface area contributed by atoms with Crippen molar-refractivity contribution < 1.29 is 33.6 Å². The fourth-order valence-corrected chi connectivity index (χ4v) is 3.67. The van der Waals surface area contributed by atoms with Crippen LogP contribution in [0.15, 0.2) is 12.2 Å². The Morgan fingerprint density at radius 3 is 1.82 bits per heavy atom. The lowest BCUT2D eigenvalue weighted by molar-refractivity contribution is -0.137. The highest BCUT2D eigenvalue weighted by Crippen LogP contribution is 2.20. The van der Waals surface area contributed by atoms with Crippen LogP contribution in [0.25, 0.3) is 0 Å². The minimum atomic E-state index is -1.06. The molecule has 0 unspecified atom stereocenters. The molecule has 0 fully saturated rings. The molecule has 0 spiro atoms. The van der Waals surface area contributed by atoms with E-state index in [2.05, 4.69) is 21.3 Å². The average Bonchev–Trinajstić information content (AvgIpc) is 3.11. The molecule has 1 rings (SSSR count). The molecule has 1 aliphatic heterocycles. The summed E-state index contributed by atoms with van der Waals surface area (Å²) in [5.41, 5.74) is 9.80. The summed E-state index contributed by atoms with van der Waals surface area (Å²) in [6.07, 6.45) is 3.18. The Bertz CT molecular complexity index is 925. The highest BCUT2D eigenvalue weighted by Gasteiger charge is 2.29. The second-order valence-electron chi connectivity index (χ2n) is 10.2. The molecule has 14 heteroatoms. The Morgan fingerprint density at radius 2 is 1.34 bits per heavy atom. The molecule has 38 heavy (non-hydrogen) atoms. The summed E-state index contributed by atoms with van der Waals surface area (Å²) >= 11 is 0. The van der Waals surface area contributed by atoms with Crippen molar-refractivity contribution >= 4 is 41.5 Å².